The standard InChI is InChI=1S/C21H34N2.C8H17N.C2H7N.C2H4.CH4/c1-14(22)16-7-8-17-20(16,3)12-10-18-19(2)11-5-4-6-15(19)9-13-21(17,18)23;1-4-7-8(2,3)5-6-9-7;1-3-2;1-2;/h6,16-18,22H,4-5,7-13,23H2,1-3H3;7,9H,4-6H2,1-3H3;3H,1-2H3;1-2H2;1H4. The predicted molar refractivity (Wildman–Crippen MR) is 170 cm³/mol. The Morgan fingerprint density at radius 2 is 1.68 bits per heavy atom. The first-order valence-corrected chi connectivity index (χ1v) is 15.3. The van der Waals surface area contributed by atoms with E-state index in [2.05, 4.69) is 64.5 Å². The lowest BCUT2D eigenvalue weighted by molar-refractivity contribution is -0.0636. The van der Waals surface area contributed by atoms with E-state index in [0.29, 0.717) is 28.6 Å². The van der Waals surface area contributed by atoms with Gasteiger partial charge in [0.05, 0.1) is 0 Å². The number of nitrogens with two attached hydrogens (primary N) is 1. The van der Waals surface area contributed by atoms with Crippen LogP contribution in [0.1, 0.15) is 120 Å². The van der Waals surface area contributed by atoms with Crippen LogP contribution in [-0.2, 0) is 0 Å². The Morgan fingerprint density at radius 3 is 2.18 bits per heavy atom. The number of hydrogen-bond donors (Lipinski definition) is 4. The smallest absolute Gasteiger partial charge is 0.0228 e. The third kappa shape index (κ3) is 6.50. The first-order valence-electron chi connectivity index (χ1n) is 15.3. The lowest BCUT2D eigenvalue weighted by Crippen LogP contribution is -2.66. The number of nitrogens with one attached hydrogen (secondary N) is 3. The molecule has 1 heterocycles. The summed E-state index contributed by atoms with van der Waals surface area (Å²) in [6.45, 7) is 21.2. The van der Waals surface area contributed by atoms with Gasteiger partial charge in [0.25, 0.3) is 0 Å². The minimum atomic E-state index is 0. The van der Waals surface area contributed by atoms with E-state index in [1.165, 1.54) is 77.2 Å². The van der Waals surface area contributed by atoms with Gasteiger partial charge >= 0.3 is 0 Å². The zero-order chi connectivity index (χ0) is 28.1. The molecule has 3 saturated carbocycles. The van der Waals surface area contributed by atoms with E-state index in [4.69, 9.17) is 11.1 Å². The molecule has 4 heteroatoms. The number of fused-ring (bicyclic) bond motifs is 5. The summed E-state index contributed by atoms with van der Waals surface area (Å²) in [5.41, 5.74) is 11.1. The van der Waals surface area contributed by atoms with Gasteiger partial charge in [-0.15, -0.1) is 13.2 Å². The molecule has 0 aromatic rings. The molecular formula is C34H66N4. The summed E-state index contributed by atoms with van der Waals surface area (Å²) in [6.07, 6.45) is 16.6. The first kappa shape index (κ1) is 35.1. The SMILES string of the molecule is C.C=C.CC(=N)C1CCC2C1(C)CCC1C3(C)CCCC=C3CCC12N.CCC1NCCC1(C)C.CNC. The van der Waals surface area contributed by atoms with Crippen molar-refractivity contribution in [1.29, 1.82) is 5.41 Å². The summed E-state index contributed by atoms with van der Waals surface area (Å²) in [7, 11) is 3.75. The van der Waals surface area contributed by atoms with Crippen molar-refractivity contribution in [3.8, 4) is 0 Å². The van der Waals surface area contributed by atoms with Crippen molar-refractivity contribution in [3.63, 3.8) is 0 Å². The van der Waals surface area contributed by atoms with Gasteiger partial charge < -0.3 is 21.8 Å². The molecule has 5 rings (SSSR count). The van der Waals surface area contributed by atoms with Gasteiger partial charge in [0.15, 0.2) is 0 Å². The Balaban J connectivity index is 0.000000404. The minimum absolute atomic E-state index is 0. The molecule has 222 valence electrons. The molecule has 7 atom stereocenters. The Morgan fingerprint density at radius 1 is 1.05 bits per heavy atom. The van der Waals surface area contributed by atoms with Crippen LogP contribution >= 0.6 is 0 Å². The second-order valence-electron chi connectivity index (χ2n) is 13.8. The van der Waals surface area contributed by atoms with Gasteiger partial charge in [0.1, 0.15) is 0 Å². The van der Waals surface area contributed by atoms with Crippen LogP contribution in [0.2, 0.25) is 0 Å². The van der Waals surface area contributed by atoms with Crippen LogP contribution in [0.3, 0.4) is 0 Å². The van der Waals surface area contributed by atoms with Crippen molar-refractivity contribution in [2.24, 2.45) is 39.7 Å². The van der Waals surface area contributed by atoms with Crippen molar-refractivity contribution in [3.05, 3.63) is 24.8 Å². The Hall–Kier alpha value is -0.970. The average Bonchev–Trinajstić information content (AvgIpc) is 3.39. The summed E-state index contributed by atoms with van der Waals surface area (Å²) in [5.74, 6) is 1.77. The molecule has 0 amide bonds. The highest BCUT2D eigenvalue weighted by molar-refractivity contribution is 5.82. The van der Waals surface area contributed by atoms with E-state index in [0.717, 1.165) is 11.8 Å². The molecule has 0 aromatic carbocycles. The van der Waals surface area contributed by atoms with Crippen LogP contribution in [0.5, 0.6) is 0 Å². The van der Waals surface area contributed by atoms with Gasteiger partial charge in [-0.3, -0.25) is 0 Å². The summed E-state index contributed by atoms with van der Waals surface area (Å²) < 4.78 is 0. The van der Waals surface area contributed by atoms with E-state index in [-0.39, 0.29) is 18.4 Å². The molecule has 0 radical (unpaired) electrons. The molecule has 4 aliphatic carbocycles. The van der Waals surface area contributed by atoms with Crippen molar-refractivity contribution in [2.75, 3.05) is 20.6 Å². The molecule has 4 nitrogen and oxygen atoms in total. The van der Waals surface area contributed by atoms with Crippen LogP contribution in [0.25, 0.3) is 0 Å². The van der Waals surface area contributed by atoms with E-state index in [1.807, 2.05) is 21.0 Å². The minimum Gasteiger partial charge on any atom is -0.325 e. The number of allylic oxidation sites excluding steroid dienone is 2. The van der Waals surface area contributed by atoms with Gasteiger partial charge in [-0.05, 0) is 126 Å². The highest BCUT2D eigenvalue weighted by Crippen LogP contribution is 2.67. The average molecular weight is 531 g/mol. The van der Waals surface area contributed by atoms with E-state index < -0.39 is 0 Å². The topological polar surface area (TPSA) is 73.9 Å². The Bertz CT molecular complexity index is 787. The lowest BCUT2D eigenvalue weighted by atomic mass is 9.44. The van der Waals surface area contributed by atoms with Crippen molar-refractivity contribution in [2.45, 2.75) is 131 Å². The molecule has 1 aliphatic heterocycles. The van der Waals surface area contributed by atoms with Crippen LogP contribution < -0.4 is 16.4 Å². The van der Waals surface area contributed by atoms with Gasteiger partial charge in [-0.1, -0.05) is 53.7 Å². The fourth-order valence-electron chi connectivity index (χ4n) is 9.40. The summed E-state index contributed by atoms with van der Waals surface area (Å²) >= 11 is 0. The van der Waals surface area contributed by atoms with Crippen LogP contribution in [0.4, 0.5) is 0 Å². The predicted octanol–water partition coefficient (Wildman–Crippen LogP) is 8.13. The molecule has 0 bridgehead atoms. The molecular weight excluding hydrogens is 464 g/mol. The largest absolute Gasteiger partial charge is 0.325 e. The van der Waals surface area contributed by atoms with Gasteiger partial charge in [-0.2, -0.15) is 0 Å². The van der Waals surface area contributed by atoms with Gasteiger partial charge in [0.2, 0.25) is 0 Å². The van der Waals surface area contributed by atoms with Gasteiger partial charge in [-0.25, -0.2) is 0 Å². The molecule has 0 spiro atoms. The quantitative estimate of drug-likeness (QED) is 0.215. The van der Waals surface area contributed by atoms with Crippen LogP contribution in [0.15, 0.2) is 24.8 Å². The van der Waals surface area contributed by atoms with Gasteiger partial charge in [0, 0.05) is 23.2 Å². The first-order chi connectivity index (χ1) is 17.4. The summed E-state index contributed by atoms with van der Waals surface area (Å²) in [6, 6.07) is 0.762. The Kier molecular flexibility index (Phi) is 13.0. The van der Waals surface area contributed by atoms with Crippen molar-refractivity contribution >= 4 is 5.71 Å². The normalized spacial score (nSPS) is 40.0. The maximum atomic E-state index is 8.27. The maximum Gasteiger partial charge on any atom is 0.0228 e. The van der Waals surface area contributed by atoms with E-state index in [1.54, 1.807) is 5.57 Å². The highest BCUT2D eigenvalue weighted by atomic mass is 15.0. The van der Waals surface area contributed by atoms with Crippen LogP contribution in [0, 0.1) is 39.4 Å². The fraction of sp³-hybridized carbons (Fsp3) is 0.853. The third-order valence-electron chi connectivity index (χ3n) is 11.3. The molecule has 0 aromatic heterocycles. The monoisotopic (exact) mass is 531 g/mol. The fourth-order valence-corrected chi connectivity index (χ4v) is 9.40. The molecule has 5 N–H and O–H groups in total. The molecule has 38 heavy (non-hydrogen) atoms. The second-order valence-corrected chi connectivity index (χ2v) is 13.8. The van der Waals surface area contributed by atoms with E-state index in [9.17, 15) is 0 Å². The zero-order valence-electron chi connectivity index (χ0n) is 25.9. The molecule has 5 aliphatic rings. The zero-order valence-corrected chi connectivity index (χ0v) is 25.9. The van der Waals surface area contributed by atoms with Crippen LogP contribution in [-0.4, -0.2) is 37.9 Å². The van der Waals surface area contributed by atoms with Crippen molar-refractivity contribution in [1.82, 2.24) is 10.6 Å². The number of hydrogen-bond acceptors (Lipinski definition) is 4. The number of rotatable bonds is 2. The third-order valence-corrected chi connectivity index (χ3v) is 11.3. The highest BCUT2D eigenvalue weighted by Gasteiger charge is 2.64. The van der Waals surface area contributed by atoms with Crippen molar-refractivity contribution < 1.29 is 0 Å². The summed E-state index contributed by atoms with van der Waals surface area (Å²) in [4.78, 5) is 0. The lowest BCUT2D eigenvalue weighted by Gasteiger charge is -2.63. The molecule has 7 unspecified atom stereocenters. The maximum absolute atomic E-state index is 8.27. The van der Waals surface area contributed by atoms with E-state index >= 15 is 0 Å². The second kappa shape index (κ2) is 14.1. The summed E-state index contributed by atoms with van der Waals surface area (Å²) in [5, 5.41) is 14.5. The molecule has 4 fully saturated rings. The molecule has 1 saturated heterocycles. The Labute approximate surface area is 238 Å².